The molecule has 0 bridgehead atoms. The third-order valence-corrected chi connectivity index (χ3v) is 14.3. The Labute approximate surface area is 390 Å². The molecule has 0 radical (unpaired) electrons. The van der Waals surface area contributed by atoms with E-state index in [1.807, 2.05) is 0 Å². The molecule has 0 atom stereocenters. The van der Waals surface area contributed by atoms with Crippen LogP contribution in [0.3, 0.4) is 0 Å². The van der Waals surface area contributed by atoms with Crippen molar-refractivity contribution in [1.29, 1.82) is 0 Å². The van der Waals surface area contributed by atoms with Crippen molar-refractivity contribution in [2.75, 3.05) is 4.90 Å². The van der Waals surface area contributed by atoms with Crippen molar-refractivity contribution in [3.05, 3.63) is 253 Å². The summed E-state index contributed by atoms with van der Waals surface area (Å²) in [6, 6.07) is 84.0. The summed E-state index contributed by atoms with van der Waals surface area (Å²) in [5.74, 6) is 0. The predicted molar refractivity (Wildman–Crippen MR) is 280 cm³/mol. The van der Waals surface area contributed by atoms with Gasteiger partial charge in [0.2, 0.25) is 0 Å². The first-order valence-electron chi connectivity index (χ1n) is 23.3. The van der Waals surface area contributed by atoms with E-state index in [0.717, 1.165) is 56.5 Å². The van der Waals surface area contributed by atoms with Crippen LogP contribution in [0.4, 0.5) is 17.1 Å². The molecule has 2 aromatic heterocycles. The van der Waals surface area contributed by atoms with Crippen LogP contribution in [-0.2, 0) is 11.8 Å². The van der Waals surface area contributed by atoms with Crippen LogP contribution in [0.15, 0.2) is 235 Å². The van der Waals surface area contributed by atoms with E-state index in [4.69, 9.17) is 4.42 Å². The van der Waals surface area contributed by atoms with Gasteiger partial charge in [-0.2, -0.15) is 0 Å². The molecule has 0 saturated heterocycles. The van der Waals surface area contributed by atoms with E-state index < -0.39 is 0 Å². The summed E-state index contributed by atoms with van der Waals surface area (Å²) in [5, 5.41) is 4.63. The molecular weight excluding hydrogens is 813 g/mol. The lowest BCUT2D eigenvalue weighted by Crippen LogP contribution is -2.28. The fourth-order valence-electron chi connectivity index (χ4n) is 11.1. The van der Waals surface area contributed by atoms with Gasteiger partial charge in [-0.3, -0.25) is 0 Å². The minimum Gasteiger partial charge on any atom is -0.456 e. The molecule has 12 aromatic rings. The Bertz CT molecular complexity index is 3870. The first-order valence-corrected chi connectivity index (χ1v) is 23.3. The molecule has 0 fully saturated rings. The zero-order valence-electron chi connectivity index (χ0n) is 37.4. The second-order valence-electron chi connectivity index (χ2n) is 18.5. The molecule has 0 spiro atoms. The van der Waals surface area contributed by atoms with Crippen LogP contribution >= 0.6 is 0 Å². The molecule has 318 valence electrons. The third kappa shape index (κ3) is 6.34. The number of benzene rings is 10. The van der Waals surface area contributed by atoms with E-state index in [1.165, 1.54) is 72.0 Å². The lowest BCUT2D eigenvalue weighted by atomic mass is 9.68. The number of nitrogens with zero attached hydrogens (tertiary/aromatic N) is 2. The summed E-state index contributed by atoms with van der Waals surface area (Å²) >= 11 is 0. The first kappa shape index (κ1) is 39.0. The Morgan fingerprint density at radius 3 is 1.84 bits per heavy atom. The molecule has 0 saturated carbocycles. The molecular formula is C64H46N2O. The fourth-order valence-corrected chi connectivity index (χ4v) is 11.1. The average Bonchev–Trinajstić information content (AvgIpc) is 3.93. The monoisotopic (exact) mass is 858 g/mol. The number of hydrogen-bond donors (Lipinski definition) is 0. The highest BCUT2D eigenvalue weighted by atomic mass is 16.3. The van der Waals surface area contributed by atoms with Gasteiger partial charge < -0.3 is 13.9 Å². The van der Waals surface area contributed by atoms with Crippen LogP contribution in [0, 0.1) is 0 Å². The maximum Gasteiger partial charge on any atom is 0.137 e. The molecule has 0 aliphatic heterocycles. The smallest absolute Gasteiger partial charge is 0.137 e. The summed E-state index contributed by atoms with van der Waals surface area (Å²) in [5.41, 5.74) is 21.0. The van der Waals surface area contributed by atoms with Gasteiger partial charge >= 0.3 is 0 Å². The molecule has 3 nitrogen and oxygen atoms in total. The quantitative estimate of drug-likeness (QED) is 0.159. The molecule has 0 unspecified atom stereocenters. The van der Waals surface area contributed by atoms with Gasteiger partial charge in [0.1, 0.15) is 11.2 Å². The SMILES string of the molecule is CC1(C)c2ccccc2Cc2c(N(c3cccc(-c4ccccc4)c3)c3cccc4oc5ccc(-c6ccc7c(c6)c6ccccc6n7-c6cccc(-c7ccccc7)c6)cc5c34)cccc21. The fraction of sp³-hybridized carbons (Fsp3) is 0.0625. The van der Waals surface area contributed by atoms with Crippen LogP contribution in [0.2, 0.25) is 0 Å². The summed E-state index contributed by atoms with van der Waals surface area (Å²) in [6.45, 7) is 4.75. The van der Waals surface area contributed by atoms with Crippen molar-refractivity contribution in [2.45, 2.75) is 25.7 Å². The van der Waals surface area contributed by atoms with Crippen molar-refractivity contribution in [3.8, 4) is 39.1 Å². The summed E-state index contributed by atoms with van der Waals surface area (Å²) < 4.78 is 9.19. The van der Waals surface area contributed by atoms with Crippen molar-refractivity contribution in [2.24, 2.45) is 0 Å². The van der Waals surface area contributed by atoms with Gasteiger partial charge in [-0.15, -0.1) is 0 Å². The Kier molecular flexibility index (Phi) is 8.94. The van der Waals surface area contributed by atoms with Crippen molar-refractivity contribution < 1.29 is 4.42 Å². The molecule has 3 heteroatoms. The molecule has 0 amide bonds. The van der Waals surface area contributed by atoms with Crippen LogP contribution < -0.4 is 4.90 Å². The van der Waals surface area contributed by atoms with Crippen LogP contribution in [0.25, 0.3) is 82.8 Å². The second-order valence-corrected chi connectivity index (χ2v) is 18.5. The van der Waals surface area contributed by atoms with Gasteiger partial charge in [0.15, 0.2) is 0 Å². The number of rotatable bonds is 7. The predicted octanol–water partition coefficient (Wildman–Crippen LogP) is 17.4. The molecule has 13 rings (SSSR count). The van der Waals surface area contributed by atoms with Crippen LogP contribution in [-0.4, -0.2) is 4.57 Å². The van der Waals surface area contributed by atoms with Crippen molar-refractivity contribution in [1.82, 2.24) is 4.57 Å². The van der Waals surface area contributed by atoms with E-state index in [0.29, 0.717) is 0 Å². The third-order valence-electron chi connectivity index (χ3n) is 14.3. The standard InChI is InChI=1S/C64H46N2O/c1-64(2)55-27-11-9-21-48(55)41-53-56(64)28-15-30-58(53)66(50-25-14-23-45(38-50)43-19-7-4-8-20-43)60-31-16-32-62-63(60)54-40-47(34-36-61(54)67-62)46-33-35-59-52(39-46)51-26-10-12-29-57(51)65(59)49-24-13-22-44(37-49)42-17-5-3-6-18-42/h3-40H,41H2,1-2H3. The minimum absolute atomic E-state index is 0.166. The molecule has 2 heterocycles. The normalized spacial score (nSPS) is 13.0. The Balaban J connectivity index is 0.993. The largest absolute Gasteiger partial charge is 0.456 e. The lowest BCUT2D eigenvalue weighted by Gasteiger charge is -2.38. The maximum absolute atomic E-state index is 6.78. The molecule has 1 aliphatic carbocycles. The minimum atomic E-state index is -0.166. The van der Waals surface area contributed by atoms with Gasteiger partial charge in [-0.1, -0.05) is 172 Å². The lowest BCUT2D eigenvalue weighted by molar-refractivity contribution is 0.611. The molecule has 10 aromatic carbocycles. The van der Waals surface area contributed by atoms with E-state index in [-0.39, 0.29) is 5.41 Å². The number of para-hydroxylation sites is 1. The number of aromatic nitrogens is 1. The Morgan fingerprint density at radius 1 is 0.418 bits per heavy atom. The van der Waals surface area contributed by atoms with E-state index in [1.54, 1.807) is 0 Å². The highest BCUT2D eigenvalue weighted by Gasteiger charge is 2.35. The Morgan fingerprint density at radius 2 is 1.01 bits per heavy atom. The van der Waals surface area contributed by atoms with Gasteiger partial charge in [-0.05, 0) is 128 Å². The summed E-state index contributed by atoms with van der Waals surface area (Å²) in [4.78, 5) is 2.49. The van der Waals surface area contributed by atoms with Gasteiger partial charge in [0, 0.05) is 45.1 Å². The van der Waals surface area contributed by atoms with Crippen LogP contribution in [0.5, 0.6) is 0 Å². The number of hydrogen-bond acceptors (Lipinski definition) is 2. The van der Waals surface area contributed by atoms with Gasteiger partial charge in [-0.25, -0.2) is 0 Å². The molecule has 0 N–H and O–H groups in total. The zero-order chi connectivity index (χ0) is 44.6. The summed E-state index contributed by atoms with van der Waals surface area (Å²) in [6.07, 6.45) is 0.851. The summed E-state index contributed by atoms with van der Waals surface area (Å²) in [7, 11) is 0. The van der Waals surface area contributed by atoms with Crippen molar-refractivity contribution in [3.63, 3.8) is 0 Å². The van der Waals surface area contributed by atoms with Crippen molar-refractivity contribution >= 4 is 60.8 Å². The highest BCUT2D eigenvalue weighted by molar-refractivity contribution is 6.15. The molecule has 67 heavy (non-hydrogen) atoms. The van der Waals surface area contributed by atoms with E-state index >= 15 is 0 Å². The van der Waals surface area contributed by atoms with Gasteiger partial charge in [0.25, 0.3) is 0 Å². The zero-order valence-corrected chi connectivity index (χ0v) is 37.4. The number of anilines is 3. The number of fused-ring (bicyclic) bond motifs is 8. The Hall–Kier alpha value is -8.40. The molecule has 1 aliphatic rings. The average molecular weight is 859 g/mol. The maximum atomic E-state index is 6.78. The van der Waals surface area contributed by atoms with E-state index in [9.17, 15) is 0 Å². The highest BCUT2D eigenvalue weighted by Crippen LogP contribution is 2.50. The van der Waals surface area contributed by atoms with Gasteiger partial charge in [0.05, 0.1) is 22.1 Å². The van der Waals surface area contributed by atoms with E-state index in [2.05, 4.69) is 254 Å². The first-order chi connectivity index (χ1) is 33.0. The second kappa shape index (κ2) is 15.4. The topological polar surface area (TPSA) is 21.3 Å². The van der Waals surface area contributed by atoms with Crippen LogP contribution in [0.1, 0.15) is 36.1 Å². The number of furan rings is 1.